The van der Waals surface area contributed by atoms with Gasteiger partial charge in [-0.3, -0.25) is 4.79 Å². The van der Waals surface area contributed by atoms with E-state index in [-0.39, 0.29) is 30.3 Å². The Balaban J connectivity index is 0.00000256. The number of halogens is 1. The molecule has 3 atom stereocenters. The van der Waals surface area contributed by atoms with Gasteiger partial charge in [0.2, 0.25) is 0 Å². The van der Waals surface area contributed by atoms with Crippen LogP contribution in [0.5, 0.6) is 0 Å². The molecule has 1 aliphatic heterocycles. The SMILES string of the molecule is Cl.O=C(O[C@@H]1CNCCC1[C@H]1C=CC=CC1)c1ccc(C(=O)c2ccccc2)cc1. The Morgan fingerprint density at radius 1 is 0.900 bits per heavy atom. The molecule has 0 amide bonds. The molecule has 4 nitrogen and oxygen atoms in total. The van der Waals surface area contributed by atoms with Crippen molar-refractivity contribution in [2.45, 2.75) is 18.9 Å². The molecule has 2 aromatic carbocycles. The summed E-state index contributed by atoms with van der Waals surface area (Å²) in [5.41, 5.74) is 1.66. The number of allylic oxidation sites excluding steroid dienone is 4. The van der Waals surface area contributed by atoms with Gasteiger partial charge in [0.15, 0.2) is 5.78 Å². The Hall–Kier alpha value is -2.69. The van der Waals surface area contributed by atoms with Crippen LogP contribution in [-0.2, 0) is 4.74 Å². The third kappa shape index (κ3) is 5.07. The van der Waals surface area contributed by atoms with E-state index in [1.54, 1.807) is 36.4 Å². The van der Waals surface area contributed by atoms with Gasteiger partial charge in [0.25, 0.3) is 0 Å². The molecule has 1 heterocycles. The molecule has 0 spiro atoms. The predicted molar refractivity (Wildman–Crippen MR) is 120 cm³/mol. The van der Waals surface area contributed by atoms with Gasteiger partial charge in [-0.25, -0.2) is 4.79 Å². The minimum absolute atomic E-state index is 0. The molecule has 1 saturated heterocycles. The summed E-state index contributed by atoms with van der Waals surface area (Å²) in [6.45, 7) is 1.62. The summed E-state index contributed by atoms with van der Waals surface area (Å²) >= 11 is 0. The Bertz CT molecular complexity index is 921. The highest BCUT2D eigenvalue weighted by Crippen LogP contribution is 2.30. The van der Waals surface area contributed by atoms with Gasteiger partial charge in [-0.1, -0.05) is 66.8 Å². The van der Waals surface area contributed by atoms with Crippen molar-refractivity contribution in [2.24, 2.45) is 11.8 Å². The number of piperidine rings is 1. The van der Waals surface area contributed by atoms with Crippen LogP contribution in [0.4, 0.5) is 0 Å². The van der Waals surface area contributed by atoms with Crippen LogP contribution in [0.15, 0.2) is 78.9 Å². The zero-order valence-corrected chi connectivity index (χ0v) is 17.5. The third-order valence-electron chi connectivity index (χ3n) is 5.72. The summed E-state index contributed by atoms with van der Waals surface area (Å²) in [7, 11) is 0. The van der Waals surface area contributed by atoms with Crippen molar-refractivity contribution in [3.63, 3.8) is 0 Å². The Morgan fingerprint density at radius 2 is 1.60 bits per heavy atom. The molecule has 0 saturated carbocycles. The predicted octanol–water partition coefficient (Wildman–Crippen LogP) is 4.61. The zero-order valence-electron chi connectivity index (χ0n) is 16.7. The maximum absolute atomic E-state index is 12.7. The first kappa shape index (κ1) is 22.0. The van der Waals surface area contributed by atoms with Gasteiger partial charge < -0.3 is 10.1 Å². The maximum Gasteiger partial charge on any atom is 0.338 e. The van der Waals surface area contributed by atoms with Crippen molar-refractivity contribution in [1.29, 1.82) is 0 Å². The molecule has 0 bridgehead atoms. The molecule has 1 aliphatic carbocycles. The monoisotopic (exact) mass is 423 g/mol. The maximum atomic E-state index is 12.7. The highest BCUT2D eigenvalue weighted by atomic mass is 35.5. The molecule has 0 aromatic heterocycles. The van der Waals surface area contributed by atoms with Crippen LogP contribution >= 0.6 is 12.4 Å². The van der Waals surface area contributed by atoms with E-state index in [0.717, 1.165) is 19.4 Å². The number of carbonyl (C=O) groups excluding carboxylic acids is 2. The lowest BCUT2D eigenvalue weighted by Gasteiger charge is -2.36. The van der Waals surface area contributed by atoms with Crippen LogP contribution in [0.2, 0.25) is 0 Å². The number of rotatable bonds is 5. The summed E-state index contributed by atoms with van der Waals surface area (Å²) in [6.07, 6.45) is 10.4. The summed E-state index contributed by atoms with van der Waals surface area (Å²) < 4.78 is 5.88. The van der Waals surface area contributed by atoms with Crippen LogP contribution < -0.4 is 5.32 Å². The Kier molecular flexibility index (Phi) is 7.61. The first-order valence-electron chi connectivity index (χ1n) is 10.2. The average Bonchev–Trinajstić information content (AvgIpc) is 2.80. The minimum Gasteiger partial charge on any atom is -0.457 e. The Morgan fingerprint density at radius 3 is 2.30 bits per heavy atom. The average molecular weight is 424 g/mol. The summed E-state index contributed by atoms with van der Waals surface area (Å²) in [5, 5.41) is 3.34. The van der Waals surface area contributed by atoms with Gasteiger partial charge in [0, 0.05) is 23.6 Å². The highest BCUT2D eigenvalue weighted by molar-refractivity contribution is 6.09. The van der Waals surface area contributed by atoms with E-state index in [0.29, 0.717) is 35.1 Å². The van der Waals surface area contributed by atoms with Gasteiger partial charge in [-0.05, 0) is 37.4 Å². The van der Waals surface area contributed by atoms with Crippen LogP contribution in [0, 0.1) is 11.8 Å². The number of hydrogen-bond donors (Lipinski definition) is 1. The number of esters is 1. The van der Waals surface area contributed by atoms with E-state index < -0.39 is 0 Å². The highest BCUT2D eigenvalue weighted by Gasteiger charge is 2.33. The molecule has 1 unspecified atom stereocenters. The summed E-state index contributed by atoms with van der Waals surface area (Å²) in [5.74, 6) is 0.336. The summed E-state index contributed by atoms with van der Waals surface area (Å²) in [6, 6.07) is 15.9. The van der Waals surface area contributed by atoms with Crippen LogP contribution in [0.25, 0.3) is 0 Å². The van der Waals surface area contributed by atoms with Crippen LogP contribution in [0.1, 0.15) is 39.1 Å². The Labute approximate surface area is 183 Å². The van der Waals surface area contributed by atoms with Crippen molar-refractivity contribution < 1.29 is 14.3 Å². The molecular weight excluding hydrogens is 398 g/mol. The second-order valence-electron chi connectivity index (χ2n) is 7.59. The van der Waals surface area contributed by atoms with E-state index in [2.05, 4.69) is 29.6 Å². The van der Waals surface area contributed by atoms with Gasteiger partial charge in [-0.15, -0.1) is 12.4 Å². The molecule has 2 aromatic rings. The number of benzene rings is 2. The molecule has 2 aliphatic rings. The number of ketones is 1. The normalized spacial score (nSPS) is 22.7. The first-order chi connectivity index (χ1) is 14.2. The van der Waals surface area contributed by atoms with Gasteiger partial charge in [0.05, 0.1) is 5.56 Å². The zero-order chi connectivity index (χ0) is 20.1. The van der Waals surface area contributed by atoms with Crippen LogP contribution in [-0.4, -0.2) is 30.9 Å². The standard InChI is InChI=1S/C25H25NO3.ClH/c27-24(19-9-5-2-6-10-19)20-11-13-21(14-12-20)25(28)29-23-17-26-16-15-22(23)18-7-3-1-4-8-18;/h1-7,9-14,18,22-23,26H,8,15-17H2;1H/t18-,22?,23+;/m0./s1. The van der Waals surface area contributed by atoms with E-state index in [1.807, 2.05) is 18.2 Å². The van der Waals surface area contributed by atoms with Gasteiger partial charge in [-0.2, -0.15) is 0 Å². The third-order valence-corrected chi connectivity index (χ3v) is 5.72. The topological polar surface area (TPSA) is 55.4 Å². The van der Waals surface area contributed by atoms with Crippen molar-refractivity contribution >= 4 is 24.2 Å². The van der Waals surface area contributed by atoms with E-state index in [1.165, 1.54) is 0 Å². The lowest BCUT2D eigenvalue weighted by Crippen LogP contribution is -2.45. The molecule has 0 radical (unpaired) electrons. The molecule has 1 fully saturated rings. The fourth-order valence-electron chi connectivity index (χ4n) is 4.11. The van der Waals surface area contributed by atoms with E-state index >= 15 is 0 Å². The fourth-order valence-corrected chi connectivity index (χ4v) is 4.11. The van der Waals surface area contributed by atoms with Crippen LogP contribution in [0.3, 0.4) is 0 Å². The van der Waals surface area contributed by atoms with Crippen molar-refractivity contribution in [3.8, 4) is 0 Å². The molecular formula is C25H26ClNO3. The smallest absolute Gasteiger partial charge is 0.338 e. The molecule has 5 heteroatoms. The van der Waals surface area contributed by atoms with E-state index in [4.69, 9.17) is 4.74 Å². The molecule has 156 valence electrons. The first-order valence-corrected chi connectivity index (χ1v) is 10.2. The summed E-state index contributed by atoms with van der Waals surface area (Å²) in [4.78, 5) is 25.3. The van der Waals surface area contributed by atoms with Gasteiger partial charge >= 0.3 is 5.97 Å². The number of hydrogen-bond acceptors (Lipinski definition) is 4. The van der Waals surface area contributed by atoms with Crippen molar-refractivity contribution in [3.05, 3.63) is 95.6 Å². The number of carbonyl (C=O) groups is 2. The second-order valence-corrected chi connectivity index (χ2v) is 7.59. The lowest BCUT2D eigenvalue weighted by molar-refractivity contribution is -0.00150. The minimum atomic E-state index is -0.335. The quantitative estimate of drug-likeness (QED) is 0.563. The lowest BCUT2D eigenvalue weighted by atomic mass is 9.79. The molecule has 1 N–H and O–H groups in total. The van der Waals surface area contributed by atoms with Gasteiger partial charge in [0.1, 0.15) is 6.10 Å². The fraction of sp³-hybridized carbons (Fsp3) is 0.280. The second kappa shape index (κ2) is 10.4. The van der Waals surface area contributed by atoms with E-state index in [9.17, 15) is 9.59 Å². The molecule has 4 rings (SSSR count). The number of nitrogens with one attached hydrogen (secondary N) is 1. The molecule has 30 heavy (non-hydrogen) atoms. The van der Waals surface area contributed by atoms with Crippen molar-refractivity contribution in [1.82, 2.24) is 5.32 Å². The number of ether oxygens (including phenoxy) is 1. The largest absolute Gasteiger partial charge is 0.457 e. The van der Waals surface area contributed by atoms with Crippen molar-refractivity contribution in [2.75, 3.05) is 13.1 Å².